The van der Waals surface area contributed by atoms with Crippen molar-refractivity contribution in [2.45, 2.75) is 6.61 Å². The van der Waals surface area contributed by atoms with Gasteiger partial charge in [-0.25, -0.2) is 10.2 Å². The molecule has 0 aliphatic heterocycles. The van der Waals surface area contributed by atoms with Crippen LogP contribution < -0.4 is 14.9 Å². The van der Waals surface area contributed by atoms with Gasteiger partial charge in [0, 0.05) is 5.56 Å². The number of benzene rings is 3. The number of carbonyl (C=O) groups is 2. The summed E-state index contributed by atoms with van der Waals surface area (Å²) in [4.78, 5) is 23.5. The fourth-order valence-corrected chi connectivity index (χ4v) is 2.72. The number of ether oxygens (including phenoxy) is 3. The molecule has 0 aliphatic rings. The molecule has 3 aromatic rings. The average molecular weight is 418 g/mol. The second-order valence-electron chi connectivity index (χ2n) is 6.45. The largest absolute Gasteiger partial charge is 0.493 e. The Hall–Kier alpha value is -4.13. The molecule has 1 amide bonds. The molecule has 31 heavy (non-hydrogen) atoms. The molecule has 0 unspecified atom stereocenters. The molecule has 0 heterocycles. The smallest absolute Gasteiger partial charge is 0.337 e. The molecule has 0 fully saturated rings. The van der Waals surface area contributed by atoms with Crippen LogP contribution in [0.4, 0.5) is 0 Å². The van der Waals surface area contributed by atoms with Gasteiger partial charge in [-0.15, -0.1) is 0 Å². The van der Waals surface area contributed by atoms with Crippen LogP contribution in [0.1, 0.15) is 31.8 Å². The minimum atomic E-state index is -0.383. The summed E-state index contributed by atoms with van der Waals surface area (Å²) in [6.07, 6.45) is 1.53. The lowest BCUT2D eigenvalue weighted by Gasteiger charge is -2.11. The Bertz CT molecular complexity index is 1060. The molecule has 0 spiro atoms. The Balaban J connectivity index is 1.60. The van der Waals surface area contributed by atoms with Gasteiger partial charge in [-0.05, 0) is 53.6 Å². The minimum Gasteiger partial charge on any atom is -0.493 e. The fourth-order valence-electron chi connectivity index (χ4n) is 2.72. The van der Waals surface area contributed by atoms with E-state index in [1.165, 1.54) is 13.3 Å². The summed E-state index contributed by atoms with van der Waals surface area (Å²) in [6.45, 7) is 0.304. The molecule has 0 atom stereocenters. The number of nitrogens with zero attached hydrogens (tertiary/aromatic N) is 1. The van der Waals surface area contributed by atoms with Gasteiger partial charge in [0.25, 0.3) is 5.91 Å². The first-order valence-electron chi connectivity index (χ1n) is 9.47. The molecular weight excluding hydrogens is 396 g/mol. The first-order valence-corrected chi connectivity index (χ1v) is 9.47. The lowest BCUT2D eigenvalue weighted by atomic mass is 10.1. The number of hydrogen-bond acceptors (Lipinski definition) is 6. The highest BCUT2D eigenvalue weighted by Crippen LogP contribution is 2.28. The summed E-state index contributed by atoms with van der Waals surface area (Å²) in [6, 6.07) is 21.1. The molecule has 1 N–H and O–H groups in total. The van der Waals surface area contributed by atoms with Crippen LogP contribution in [0.25, 0.3) is 0 Å². The van der Waals surface area contributed by atoms with E-state index in [1.807, 2.05) is 6.07 Å². The van der Waals surface area contributed by atoms with E-state index in [0.29, 0.717) is 29.2 Å². The zero-order chi connectivity index (χ0) is 22.1. The van der Waals surface area contributed by atoms with Crippen molar-refractivity contribution in [1.82, 2.24) is 5.43 Å². The van der Waals surface area contributed by atoms with Crippen molar-refractivity contribution in [3.8, 4) is 11.5 Å². The standard InChI is InChI=1S/C24H22N2O5/c1-29-22-14-18(15-25-26-23(27)19-6-4-3-5-7-19)10-13-21(22)31-16-17-8-11-20(12-9-17)24(28)30-2/h3-15H,16H2,1-2H3,(H,26,27)/b25-15+. The van der Waals surface area contributed by atoms with E-state index in [0.717, 1.165) is 11.1 Å². The Morgan fingerprint density at radius 1 is 0.903 bits per heavy atom. The maximum atomic E-state index is 12.0. The summed E-state index contributed by atoms with van der Waals surface area (Å²) < 4.78 is 15.9. The predicted molar refractivity (Wildman–Crippen MR) is 117 cm³/mol. The van der Waals surface area contributed by atoms with Crippen LogP contribution in [-0.2, 0) is 11.3 Å². The van der Waals surface area contributed by atoms with Crippen molar-refractivity contribution < 1.29 is 23.8 Å². The van der Waals surface area contributed by atoms with E-state index in [9.17, 15) is 9.59 Å². The molecule has 0 bridgehead atoms. The van der Waals surface area contributed by atoms with Gasteiger partial charge in [0.1, 0.15) is 6.61 Å². The monoisotopic (exact) mass is 418 g/mol. The average Bonchev–Trinajstić information content (AvgIpc) is 2.83. The number of hydrazone groups is 1. The number of nitrogens with one attached hydrogen (secondary N) is 1. The van der Waals surface area contributed by atoms with Gasteiger partial charge >= 0.3 is 5.97 Å². The normalized spacial score (nSPS) is 10.5. The first-order chi connectivity index (χ1) is 15.1. The quantitative estimate of drug-likeness (QED) is 0.341. The zero-order valence-electron chi connectivity index (χ0n) is 17.2. The summed E-state index contributed by atoms with van der Waals surface area (Å²) in [7, 11) is 2.89. The van der Waals surface area contributed by atoms with Gasteiger partial charge < -0.3 is 14.2 Å². The van der Waals surface area contributed by atoms with Crippen LogP contribution in [0.3, 0.4) is 0 Å². The van der Waals surface area contributed by atoms with E-state index in [-0.39, 0.29) is 11.9 Å². The van der Waals surface area contributed by atoms with Crippen molar-refractivity contribution in [1.29, 1.82) is 0 Å². The topological polar surface area (TPSA) is 86.2 Å². The van der Waals surface area contributed by atoms with Crippen LogP contribution in [0, 0.1) is 0 Å². The molecule has 158 valence electrons. The molecule has 0 radical (unpaired) electrons. The number of hydrogen-bond donors (Lipinski definition) is 1. The SMILES string of the molecule is COC(=O)c1ccc(COc2ccc(/C=N/NC(=O)c3ccccc3)cc2OC)cc1. The minimum absolute atomic E-state index is 0.290. The molecule has 7 heteroatoms. The molecular formula is C24H22N2O5. The summed E-state index contributed by atoms with van der Waals surface area (Å²) in [5.74, 6) is 0.419. The van der Waals surface area contributed by atoms with Gasteiger partial charge in [0.15, 0.2) is 11.5 Å². The number of esters is 1. The lowest BCUT2D eigenvalue weighted by molar-refractivity contribution is 0.0600. The van der Waals surface area contributed by atoms with E-state index >= 15 is 0 Å². The van der Waals surface area contributed by atoms with Gasteiger partial charge in [0.2, 0.25) is 0 Å². The highest BCUT2D eigenvalue weighted by atomic mass is 16.5. The summed E-state index contributed by atoms with van der Waals surface area (Å²) >= 11 is 0. The molecule has 0 aromatic heterocycles. The van der Waals surface area contributed by atoms with Gasteiger partial charge in [-0.1, -0.05) is 30.3 Å². The molecule has 0 saturated carbocycles. The predicted octanol–water partition coefficient (Wildman–Crippen LogP) is 3.82. The second-order valence-corrected chi connectivity index (χ2v) is 6.45. The number of rotatable bonds is 8. The lowest BCUT2D eigenvalue weighted by Crippen LogP contribution is -2.17. The Labute approximate surface area is 180 Å². The highest BCUT2D eigenvalue weighted by Gasteiger charge is 2.08. The maximum absolute atomic E-state index is 12.0. The van der Waals surface area contributed by atoms with Crippen molar-refractivity contribution in [2.75, 3.05) is 14.2 Å². The molecule has 0 saturated heterocycles. The van der Waals surface area contributed by atoms with E-state index in [1.54, 1.807) is 73.8 Å². The fraction of sp³-hybridized carbons (Fsp3) is 0.125. The Morgan fingerprint density at radius 2 is 1.65 bits per heavy atom. The van der Waals surface area contributed by atoms with Crippen LogP contribution in [-0.4, -0.2) is 32.3 Å². The Morgan fingerprint density at radius 3 is 2.32 bits per heavy atom. The van der Waals surface area contributed by atoms with Crippen molar-refractivity contribution in [3.63, 3.8) is 0 Å². The van der Waals surface area contributed by atoms with Crippen molar-refractivity contribution >= 4 is 18.1 Å². The third-order valence-corrected chi connectivity index (χ3v) is 4.37. The third-order valence-electron chi connectivity index (χ3n) is 4.37. The third kappa shape index (κ3) is 5.93. The van der Waals surface area contributed by atoms with Crippen LogP contribution in [0.2, 0.25) is 0 Å². The van der Waals surface area contributed by atoms with Crippen molar-refractivity contribution in [3.05, 3.63) is 95.1 Å². The molecule has 7 nitrogen and oxygen atoms in total. The van der Waals surface area contributed by atoms with E-state index in [2.05, 4.69) is 15.3 Å². The number of methoxy groups -OCH3 is 2. The second kappa shape index (κ2) is 10.6. The van der Waals surface area contributed by atoms with Gasteiger partial charge in [-0.3, -0.25) is 4.79 Å². The van der Waals surface area contributed by atoms with Crippen LogP contribution in [0.15, 0.2) is 77.9 Å². The first kappa shape index (κ1) is 21.6. The van der Waals surface area contributed by atoms with Gasteiger partial charge in [-0.2, -0.15) is 5.10 Å². The summed E-state index contributed by atoms with van der Waals surface area (Å²) in [5, 5.41) is 3.99. The zero-order valence-corrected chi connectivity index (χ0v) is 17.2. The maximum Gasteiger partial charge on any atom is 0.337 e. The molecule has 3 rings (SSSR count). The van der Waals surface area contributed by atoms with Crippen LogP contribution >= 0.6 is 0 Å². The van der Waals surface area contributed by atoms with E-state index < -0.39 is 0 Å². The van der Waals surface area contributed by atoms with E-state index in [4.69, 9.17) is 9.47 Å². The number of carbonyl (C=O) groups excluding carboxylic acids is 2. The molecule has 3 aromatic carbocycles. The molecule has 0 aliphatic carbocycles. The number of amides is 1. The van der Waals surface area contributed by atoms with Crippen molar-refractivity contribution in [2.24, 2.45) is 5.10 Å². The Kier molecular flexibility index (Phi) is 7.37. The van der Waals surface area contributed by atoms with Crippen LogP contribution in [0.5, 0.6) is 11.5 Å². The summed E-state index contributed by atoms with van der Waals surface area (Å²) in [5.41, 5.74) is 5.12. The van der Waals surface area contributed by atoms with Gasteiger partial charge in [0.05, 0.1) is 26.0 Å². The highest BCUT2D eigenvalue weighted by molar-refractivity contribution is 5.94.